The van der Waals surface area contributed by atoms with Crippen molar-refractivity contribution in [1.82, 2.24) is 0 Å². The molecule has 1 aromatic rings. The smallest absolute Gasteiger partial charge is 0.0498 e. The van der Waals surface area contributed by atoms with Crippen LogP contribution in [0.1, 0.15) is 19.4 Å². The van der Waals surface area contributed by atoms with Gasteiger partial charge in [0.1, 0.15) is 0 Å². The lowest BCUT2D eigenvalue weighted by Gasteiger charge is -2.23. The summed E-state index contributed by atoms with van der Waals surface area (Å²) in [5, 5.41) is 12.4. The van der Waals surface area contributed by atoms with Gasteiger partial charge in [-0.1, -0.05) is 13.8 Å². The van der Waals surface area contributed by atoms with E-state index >= 15 is 0 Å². The van der Waals surface area contributed by atoms with Crippen molar-refractivity contribution in [2.24, 2.45) is 5.41 Å². The number of aliphatic hydroxyl groups excluding tert-OH is 1. The van der Waals surface area contributed by atoms with E-state index in [0.717, 1.165) is 23.5 Å². The van der Waals surface area contributed by atoms with Crippen LogP contribution in [0.15, 0.2) is 18.2 Å². The third kappa shape index (κ3) is 3.44. The zero-order valence-electron chi connectivity index (χ0n) is 9.67. The van der Waals surface area contributed by atoms with E-state index in [-0.39, 0.29) is 12.0 Å². The molecule has 0 atom stereocenters. The fourth-order valence-electron chi connectivity index (χ4n) is 1.28. The molecule has 0 radical (unpaired) electrons. The van der Waals surface area contributed by atoms with E-state index in [9.17, 15) is 0 Å². The fraction of sp³-hybridized carbons (Fsp3) is 0.500. The van der Waals surface area contributed by atoms with Crippen molar-refractivity contribution in [2.45, 2.75) is 20.8 Å². The van der Waals surface area contributed by atoms with Gasteiger partial charge in [0.15, 0.2) is 0 Å². The van der Waals surface area contributed by atoms with Crippen LogP contribution in [0, 0.1) is 12.3 Å². The maximum Gasteiger partial charge on any atom is 0.0498 e. The van der Waals surface area contributed by atoms with Gasteiger partial charge in [0.2, 0.25) is 0 Å². The molecule has 0 fully saturated rings. The average Bonchev–Trinajstić information content (AvgIpc) is 2.16. The fourth-order valence-corrected chi connectivity index (χ4v) is 1.28. The molecule has 0 bridgehead atoms. The van der Waals surface area contributed by atoms with E-state index in [1.165, 1.54) is 0 Å². The molecule has 15 heavy (non-hydrogen) atoms. The molecule has 0 unspecified atom stereocenters. The van der Waals surface area contributed by atoms with Gasteiger partial charge >= 0.3 is 0 Å². The minimum Gasteiger partial charge on any atom is -0.399 e. The second kappa shape index (κ2) is 4.53. The summed E-state index contributed by atoms with van der Waals surface area (Å²) < 4.78 is 0. The van der Waals surface area contributed by atoms with Crippen LogP contribution >= 0.6 is 0 Å². The Hall–Kier alpha value is -1.22. The number of hydrogen-bond acceptors (Lipinski definition) is 3. The van der Waals surface area contributed by atoms with E-state index in [0.29, 0.717) is 0 Å². The molecule has 0 saturated heterocycles. The largest absolute Gasteiger partial charge is 0.399 e. The van der Waals surface area contributed by atoms with Crippen LogP contribution in [0.2, 0.25) is 0 Å². The van der Waals surface area contributed by atoms with Gasteiger partial charge in [0, 0.05) is 29.9 Å². The lowest BCUT2D eigenvalue weighted by molar-refractivity contribution is 0.171. The van der Waals surface area contributed by atoms with Gasteiger partial charge in [0.25, 0.3) is 0 Å². The highest BCUT2D eigenvalue weighted by molar-refractivity contribution is 5.57. The average molecular weight is 208 g/mol. The van der Waals surface area contributed by atoms with Crippen LogP contribution in [-0.2, 0) is 0 Å². The van der Waals surface area contributed by atoms with E-state index in [4.69, 9.17) is 10.8 Å². The molecule has 0 heterocycles. The predicted molar refractivity (Wildman–Crippen MR) is 64.9 cm³/mol. The highest BCUT2D eigenvalue weighted by Crippen LogP contribution is 2.20. The first-order valence-electron chi connectivity index (χ1n) is 5.15. The van der Waals surface area contributed by atoms with Crippen molar-refractivity contribution in [3.05, 3.63) is 23.8 Å². The molecular weight excluding hydrogens is 188 g/mol. The summed E-state index contributed by atoms with van der Waals surface area (Å²) in [6.45, 7) is 6.98. The molecule has 0 aliphatic heterocycles. The minimum absolute atomic E-state index is 0.103. The van der Waals surface area contributed by atoms with Crippen molar-refractivity contribution < 1.29 is 5.11 Å². The lowest BCUT2D eigenvalue weighted by Crippen LogP contribution is -2.27. The Labute approximate surface area is 91.3 Å². The Morgan fingerprint density at radius 2 is 2.07 bits per heavy atom. The first-order valence-corrected chi connectivity index (χ1v) is 5.15. The maximum absolute atomic E-state index is 9.13. The zero-order valence-corrected chi connectivity index (χ0v) is 9.67. The summed E-state index contributed by atoms with van der Waals surface area (Å²) in [6, 6.07) is 5.79. The summed E-state index contributed by atoms with van der Waals surface area (Å²) in [4.78, 5) is 0. The van der Waals surface area contributed by atoms with E-state index in [2.05, 4.69) is 5.32 Å². The summed E-state index contributed by atoms with van der Waals surface area (Å²) in [6.07, 6.45) is 0. The molecule has 0 saturated carbocycles. The van der Waals surface area contributed by atoms with Crippen molar-refractivity contribution >= 4 is 11.4 Å². The normalized spacial score (nSPS) is 11.5. The van der Waals surface area contributed by atoms with Gasteiger partial charge in [-0.3, -0.25) is 0 Å². The van der Waals surface area contributed by atoms with Gasteiger partial charge in [-0.15, -0.1) is 0 Å². The zero-order chi connectivity index (χ0) is 11.5. The quantitative estimate of drug-likeness (QED) is 0.663. The second-order valence-corrected chi connectivity index (χ2v) is 4.75. The number of hydrogen-bond donors (Lipinski definition) is 3. The first-order chi connectivity index (χ1) is 6.94. The summed E-state index contributed by atoms with van der Waals surface area (Å²) in [5.41, 5.74) is 8.54. The number of nitrogens with one attached hydrogen (secondary N) is 1. The highest BCUT2D eigenvalue weighted by Gasteiger charge is 2.16. The van der Waals surface area contributed by atoms with Gasteiger partial charge < -0.3 is 16.2 Å². The number of benzene rings is 1. The van der Waals surface area contributed by atoms with Crippen molar-refractivity contribution in [1.29, 1.82) is 0 Å². The van der Waals surface area contributed by atoms with Gasteiger partial charge in [0.05, 0.1) is 0 Å². The lowest BCUT2D eigenvalue weighted by atomic mass is 9.95. The molecule has 0 aromatic heterocycles. The highest BCUT2D eigenvalue weighted by atomic mass is 16.3. The van der Waals surface area contributed by atoms with Crippen LogP contribution in [0.3, 0.4) is 0 Å². The standard InChI is InChI=1S/C12H20N2O/c1-9-6-10(13)4-5-11(9)14-7-12(2,3)8-15/h4-6,14-15H,7-8,13H2,1-3H3. The van der Waals surface area contributed by atoms with E-state index in [1.54, 1.807) is 0 Å². The topological polar surface area (TPSA) is 58.3 Å². The molecule has 0 aliphatic carbocycles. The van der Waals surface area contributed by atoms with Crippen molar-refractivity contribution in [2.75, 3.05) is 24.2 Å². The Kier molecular flexibility index (Phi) is 3.58. The Morgan fingerprint density at radius 1 is 1.40 bits per heavy atom. The molecule has 3 heteroatoms. The molecular formula is C12H20N2O. The predicted octanol–water partition coefficient (Wildman–Crippen LogP) is 2.01. The molecule has 1 rings (SSSR count). The number of nitrogen functional groups attached to an aromatic ring is 1. The Balaban J connectivity index is 2.66. The van der Waals surface area contributed by atoms with Crippen LogP contribution in [-0.4, -0.2) is 18.3 Å². The third-order valence-corrected chi connectivity index (χ3v) is 2.44. The molecule has 1 aromatic carbocycles. The number of nitrogens with two attached hydrogens (primary N) is 1. The second-order valence-electron chi connectivity index (χ2n) is 4.75. The molecule has 84 valence electrons. The molecule has 0 aliphatic rings. The minimum atomic E-state index is -0.103. The van der Waals surface area contributed by atoms with Crippen molar-refractivity contribution in [3.63, 3.8) is 0 Å². The monoisotopic (exact) mass is 208 g/mol. The van der Waals surface area contributed by atoms with Crippen molar-refractivity contribution in [3.8, 4) is 0 Å². The maximum atomic E-state index is 9.13. The van der Waals surface area contributed by atoms with E-state index in [1.807, 2.05) is 39.0 Å². The molecule has 0 amide bonds. The third-order valence-electron chi connectivity index (χ3n) is 2.44. The Bertz CT molecular complexity index is 334. The number of anilines is 2. The van der Waals surface area contributed by atoms with Gasteiger partial charge in [-0.25, -0.2) is 0 Å². The van der Waals surface area contributed by atoms with Gasteiger partial charge in [-0.2, -0.15) is 0 Å². The van der Waals surface area contributed by atoms with E-state index < -0.39 is 0 Å². The molecule has 4 N–H and O–H groups in total. The number of aryl methyl sites for hydroxylation is 1. The Morgan fingerprint density at radius 3 is 2.60 bits per heavy atom. The first kappa shape index (κ1) is 11.9. The summed E-state index contributed by atoms with van der Waals surface area (Å²) in [5.74, 6) is 0. The van der Waals surface area contributed by atoms with Crippen LogP contribution in [0.25, 0.3) is 0 Å². The summed E-state index contributed by atoms with van der Waals surface area (Å²) >= 11 is 0. The van der Waals surface area contributed by atoms with Crippen LogP contribution < -0.4 is 11.1 Å². The SMILES string of the molecule is Cc1cc(N)ccc1NCC(C)(C)CO. The summed E-state index contributed by atoms with van der Waals surface area (Å²) in [7, 11) is 0. The molecule has 0 spiro atoms. The molecule has 3 nitrogen and oxygen atoms in total. The number of aliphatic hydroxyl groups is 1. The number of rotatable bonds is 4. The van der Waals surface area contributed by atoms with Gasteiger partial charge in [-0.05, 0) is 30.7 Å². The van der Waals surface area contributed by atoms with Crippen LogP contribution in [0.4, 0.5) is 11.4 Å². The van der Waals surface area contributed by atoms with Crippen LogP contribution in [0.5, 0.6) is 0 Å².